The van der Waals surface area contributed by atoms with Crippen molar-refractivity contribution in [3.05, 3.63) is 12.2 Å². The van der Waals surface area contributed by atoms with Crippen LogP contribution in [0.25, 0.3) is 0 Å². The molecule has 0 aliphatic heterocycles. The summed E-state index contributed by atoms with van der Waals surface area (Å²) in [6.07, 6.45) is 1.96. The van der Waals surface area contributed by atoms with Crippen LogP contribution in [-0.4, -0.2) is 47.1 Å². The first-order chi connectivity index (χ1) is 13.1. The van der Waals surface area contributed by atoms with Crippen molar-refractivity contribution in [2.75, 3.05) is 6.61 Å². The van der Waals surface area contributed by atoms with Gasteiger partial charge in [-0.05, 0) is 49.5 Å². The summed E-state index contributed by atoms with van der Waals surface area (Å²) in [7, 11) is 0. The van der Waals surface area contributed by atoms with Crippen molar-refractivity contribution in [2.24, 2.45) is 34.5 Å². The Morgan fingerprint density at radius 1 is 1.29 bits per heavy atom. The van der Waals surface area contributed by atoms with Crippen molar-refractivity contribution in [2.45, 2.75) is 65.1 Å². The Bertz CT molecular complexity index is 687. The summed E-state index contributed by atoms with van der Waals surface area (Å²) in [4.78, 5) is 35.7. The van der Waals surface area contributed by atoms with Crippen LogP contribution < -0.4 is 0 Å². The maximum Gasteiger partial charge on any atom is 0.302 e. The molecule has 0 amide bonds. The number of aliphatic hydroxyl groups excluding tert-OH is 2. The molecule has 0 spiro atoms. The number of ether oxygens (including phenoxy) is 1. The number of allylic oxidation sites excluding steroid dienone is 1. The molecule has 28 heavy (non-hydrogen) atoms. The first-order valence-corrected chi connectivity index (χ1v) is 10.2. The molecule has 0 unspecified atom stereocenters. The second-order valence-corrected chi connectivity index (χ2v) is 9.60. The highest BCUT2D eigenvalue weighted by Crippen LogP contribution is 2.63. The zero-order valence-corrected chi connectivity index (χ0v) is 17.0. The molecule has 0 aromatic rings. The van der Waals surface area contributed by atoms with Crippen LogP contribution in [-0.2, 0) is 19.1 Å². The van der Waals surface area contributed by atoms with Crippen molar-refractivity contribution < 1.29 is 29.3 Å². The summed E-state index contributed by atoms with van der Waals surface area (Å²) in [6.45, 7) is 9.22. The quantitative estimate of drug-likeness (QED) is 0.431. The zero-order chi connectivity index (χ0) is 20.9. The number of esters is 1. The van der Waals surface area contributed by atoms with Gasteiger partial charge in [-0.25, -0.2) is 0 Å². The second-order valence-electron chi connectivity index (χ2n) is 9.60. The molecular weight excluding hydrogens is 360 g/mol. The first-order valence-electron chi connectivity index (χ1n) is 10.2. The van der Waals surface area contributed by atoms with Gasteiger partial charge in [0.25, 0.3) is 0 Å². The molecule has 156 valence electrons. The maximum atomic E-state index is 13.2. The van der Waals surface area contributed by atoms with Crippen molar-refractivity contribution >= 4 is 18.0 Å². The van der Waals surface area contributed by atoms with Crippen molar-refractivity contribution in [3.63, 3.8) is 0 Å². The van der Waals surface area contributed by atoms with E-state index in [1.165, 1.54) is 6.92 Å². The smallest absolute Gasteiger partial charge is 0.302 e. The van der Waals surface area contributed by atoms with Gasteiger partial charge in [0.05, 0.1) is 12.7 Å². The monoisotopic (exact) mass is 392 g/mol. The van der Waals surface area contributed by atoms with E-state index in [2.05, 4.69) is 6.58 Å². The number of Topliss-reactive ketones (excluding diaryl/α,β-unsaturated/α-hetero) is 1. The lowest BCUT2D eigenvalue weighted by Gasteiger charge is -2.63. The van der Waals surface area contributed by atoms with E-state index in [9.17, 15) is 24.6 Å². The van der Waals surface area contributed by atoms with Crippen LogP contribution in [0.2, 0.25) is 0 Å². The third-order valence-corrected chi connectivity index (χ3v) is 8.03. The Hall–Kier alpha value is -1.53. The van der Waals surface area contributed by atoms with Crippen LogP contribution in [0, 0.1) is 34.5 Å². The molecule has 3 aliphatic rings. The Balaban J connectivity index is 1.98. The zero-order valence-electron chi connectivity index (χ0n) is 17.0. The third-order valence-electron chi connectivity index (χ3n) is 8.03. The highest BCUT2D eigenvalue weighted by Gasteiger charge is 2.66. The minimum atomic E-state index is -1.22. The Morgan fingerprint density at radius 3 is 2.57 bits per heavy atom. The van der Waals surface area contributed by atoms with Crippen LogP contribution in [0.15, 0.2) is 12.2 Å². The van der Waals surface area contributed by atoms with Gasteiger partial charge in [0.2, 0.25) is 0 Å². The normalized spacial score (nSPS) is 45.5. The predicted octanol–water partition coefficient (Wildman–Crippen LogP) is 2.06. The molecule has 0 saturated heterocycles. The second kappa shape index (κ2) is 7.38. The Kier molecular flexibility index (Phi) is 5.58. The van der Waals surface area contributed by atoms with Gasteiger partial charge in [0.15, 0.2) is 5.78 Å². The van der Waals surface area contributed by atoms with Gasteiger partial charge in [0.1, 0.15) is 12.4 Å². The van der Waals surface area contributed by atoms with E-state index in [0.717, 1.165) is 12.7 Å². The summed E-state index contributed by atoms with van der Waals surface area (Å²) >= 11 is 0. The average Bonchev–Trinajstić information content (AvgIpc) is 2.67. The van der Waals surface area contributed by atoms with E-state index in [-0.39, 0.29) is 24.2 Å². The molecule has 6 nitrogen and oxygen atoms in total. The Morgan fingerprint density at radius 2 is 1.96 bits per heavy atom. The summed E-state index contributed by atoms with van der Waals surface area (Å²) in [5.41, 5.74) is -0.737. The first kappa shape index (κ1) is 21.2. The number of carbonyl (C=O) groups is 3. The fraction of sp³-hybridized carbons (Fsp3) is 0.773. The number of hydrogen-bond acceptors (Lipinski definition) is 6. The molecule has 2 N–H and O–H groups in total. The van der Waals surface area contributed by atoms with Gasteiger partial charge in [-0.3, -0.25) is 14.4 Å². The van der Waals surface area contributed by atoms with Gasteiger partial charge >= 0.3 is 5.97 Å². The molecule has 3 saturated carbocycles. The maximum absolute atomic E-state index is 13.2. The van der Waals surface area contributed by atoms with E-state index >= 15 is 0 Å². The minimum absolute atomic E-state index is 0.0526. The molecule has 0 radical (unpaired) electrons. The van der Waals surface area contributed by atoms with Crippen molar-refractivity contribution in [3.8, 4) is 0 Å². The van der Waals surface area contributed by atoms with Crippen LogP contribution >= 0.6 is 0 Å². The van der Waals surface area contributed by atoms with E-state index in [4.69, 9.17) is 4.74 Å². The summed E-state index contributed by atoms with van der Waals surface area (Å²) < 4.78 is 5.30. The molecule has 0 aromatic heterocycles. The largest absolute Gasteiger partial charge is 0.465 e. The molecule has 3 fully saturated rings. The van der Waals surface area contributed by atoms with Gasteiger partial charge in [0, 0.05) is 29.6 Å². The molecule has 0 aromatic carbocycles. The average molecular weight is 392 g/mol. The molecule has 8 atom stereocenters. The lowest BCUT2D eigenvalue weighted by molar-refractivity contribution is -0.223. The number of fused-ring (bicyclic) bond motifs is 3. The van der Waals surface area contributed by atoms with Crippen molar-refractivity contribution in [1.29, 1.82) is 0 Å². The summed E-state index contributed by atoms with van der Waals surface area (Å²) in [6, 6.07) is 0. The predicted molar refractivity (Wildman–Crippen MR) is 102 cm³/mol. The van der Waals surface area contributed by atoms with Crippen LogP contribution in [0.4, 0.5) is 0 Å². The lowest BCUT2D eigenvalue weighted by atomic mass is 9.42. The molecule has 0 bridgehead atoms. The number of aldehydes is 1. The molecule has 0 heterocycles. The van der Waals surface area contributed by atoms with E-state index in [0.29, 0.717) is 31.3 Å². The fourth-order valence-electron chi connectivity index (χ4n) is 6.56. The number of ketones is 1. The molecule has 3 aliphatic carbocycles. The van der Waals surface area contributed by atoms with Gasteiger partial charge < -0.3 is 14.9 Å². The number of rotatable bonds is 4. The lowest BCUT2D eigenvalue weighted by Crippen LogP contribution is -2.67. The van der Waals surface area contributed by atoms with Gasteiger partial charge in [-0.15, -0.1) is 0 Å². The fourth-order valence-corrected chi connectivity index (χ4v) is 6.56. The summed E-state index contributed by atoms with van der Waals surface area (Å²) in [5.74, 6) is -1.60. The summed E-state index contributed by atoms with van der Waals surface area (Å²) in [5, 5.41) is 22.1. The standard InChI is InChI=1S/C22H32O6/c1-12(10-23)14-5-6-16-15(9-14)18(26)19(27)20-21(3,11-28-13(2)24)8-7-17(25)22(16,20)4/h10,14-17,19-20,25,27H,1,5-9,11H2,2-4H3/t14-,15-,16-,17+,19-,20-,21+,22-/m1/s1. The number of carbonyl (C=O) groups excluding carboxylic acids is 3. The number of hydrogen-bond donors (Lipinski definition) is 2. The van der Waals surface area contributed by atoms with Crippen molar-refractivity contribution in [1.82, 2.24) is 0 Å². The third kappa shape index (κ3) is 3.14. The Labute approximate surface area is 166 Å². The van der Waals surface area contributed by atoms with Crippen LogP contribution in [0.1, 0.15) is 52.9 Å². The molecular formula is C22H32O6. The van der Waals surface area contributed by atoms with Gasteiger partial charge in [-0.2, -0.15) is 0 Å². The van der Waals surface area contributed by atoms with E-state index in [1.807, 2.05) is 13.8 Å². The molecule has 6 heteroatoms. The molecule has 3 rings (SSSR count). The highest BCUT2D eigenvalue weighted by atomic mass is 16.5. The number of aliphatic hydroxyl groups is 2. The highest BCUT2D eigenvalue weighted by molar-refractivity contribution is 5.87. The van der Waals surface area contributed by atoms with E-state index < -0.39 is 40.8 Å². The topological polar surface area (TPSA) is 101 Å². The minimum Gasteiger partial charge on any atom is -0.465 e. The van der Waals surface area contributed by atoms with Crippen LogP contribution in [0.3, 0.4) is 0 Å². The van der Waals surface area contributed by atoms with Crippen LogP contribution in [0.5, 0.6) is 0 Å². The SMILES string of the molecule is C=C(C=O)[C@@H]1CC[C@@H]2[C@@H](C1)C(=O)[C@@H](O)[C@@H]1[C@](C)(COC(C)=O)CC[C@H](O)[C@@]21C. The van der Waals surface area contributed by atoms with Gasteiger partial charge in [-0.1, -0.05) is 20.4 Å². The van der Waals surface area contributed by atoms with E-state index in [1.54, 1.807) is 0 Å².